The van der Waals surface area contributed by atoms with E-state index in [0.717, 1.165) is 30.5 Å². The molecule has 28 heavy (non-hydrogen) atoms. The standard InChI is InChI=1S/C21H29N5O2/c1-3-25(15-18-14-23-26(4-2)16-18)20(28)21(10-6-5-9-19(27)24-21)12-17-8-7-11-22-13-17/h7-8,11,13-14,16H,3-6,9-10,12,15H2,1-2H3,(H,24,27). The Balaban J connectivity index is 1.88. The van der Waals surface area contributed by atoms with Gasteiger partial charge in [0.05, 0.1) is 6.20 Å². The van der Waals surface area contributed by atoms with Crippen LogP contribution >= 0.6 is 0 Å². The van der Waals surface area contributed by atoms with Crippen molar-refractivity contribution >= 4 is 11.8 Å². The summed E-state index contributed by atoms with van der Waals surface area (Å²) >= 11 is 0. The summed E-state index contributed by atoms with van der Waals surface area (Å²) in [5.74, 6) is -0.0806. The molecule has 0 radical (unpaired) electrons. The molecule has 1 fully saturated rings. The van der Waals surface area contributed by atoms with E-state index in [1.807, 2.05) is 41.8 Å². The van der Waals surface area contributed by atoms with Crippen molar-refractivity contribution in [2.24, 2.45) is 0 Å². The first-order chi connectivity index (χ1) is 13.6. The molecule has 2 amide bonds. The number of nitrogens with one attached hydrogen (secondary N) is 1. The van der Waals surface area contributed by atoms with Crippen molar-refractivity contribution in [2.75, 3.05) is 6.54 Å². The SMILES string of the molecule is CCN(Cc1cnn(CC)c1)C(=O)C1(Cc2cccnc2)CCCCC(=O)N1. The van der Waals surface area contributed by atoms with Crippen LogP contribution in [0, 0.1) is 0 Å². The number of carbonyl (C=O) groups is 2. The Kier molecular flexibility index (Phi) is 6.44. The van der Waals surface area contributed by atoms with Crippen LogP contribution < -0.4 is 5.32 Å². The van der Waals surface area contributed by atoms with Crippen LogP contribution in [-0.2, 0) is 29.1 Å². The molecule has 0 bridgehead atoms. The largest absolute Gasteiger partial charge is 0.341 e. The first kappa shape index (κ1) is 20.0. The lowest BCUT2D eigenvalue weighted by atomic mass is 9.85. The first-order valence-corrected chi connectivity index (χ1v) is 10.1. The molecule has 3 heterocycles. The number of amides is 2. The zero-order chi connectivity index (χ0) is 20.0. The molecule has 2 aromatic heterocycles. The van der Waals surface area contributed by atoms with Gasteiger partial charge in [0.15, 0.2) is 0 Å². The smallest absolute Gasteiger partial charge is 0.248 e. The number of nitrogens with zero attached hydrogens (tertiary/aromatic N) is 4. The van der Waals surface area contributed by atoms with Crippen LogP contribution in [0.25, 0.3) is 0 Å². The van der Waals surface area contributed by atoms with E-state index in [9.17, 15) is 9.59 Å². The topological polar surface area (TPSA) is 80.1 Å². The van der Waals surface area contributed by atoms with Crippen LogP contribution in [0.5, 0.6) is 0 Å². The molecule has 1 saturated heterocycles. The molecule has 7 nitrogen and oxygen atoms in total. The van der Waals surface area contributed by atoms with Gasteiger partial charge in [0.1, 0.15) is 5.54 Å². The van der Waals surface area contributed by atoms with Gasteiger partial charge in [-0.1, -0.05) is 12.5 Å². The predicted molar refractivity (Wildman–Crippen MR) is 106 cm³/mol. The fourth-order valence-corrected chi connectivity index (χ4v) is 3.84. The van der Waals surface area contributed by atoms with E-state index in [1.54, 1.807) is 18.6 Å². The molecule has 7 heteroatoms. The van der Waals surface area contributed by atoms with Crippen LogP contribution in [0.3, 0.4) is 0 Å². The summed E-state index contributed by atoms with van der Waals surface area (Å²) in [6.07, 6.45) is 10.5. The van der Waals surface area contributed by atoms with E-state index in [2.05, 4.69) is 15.4 Å². The Morgan fingerprint density at radius 2 is 2.14 bits per heavy atom. The van der Waals surface area contributed by atoms with E-state index in [-0.39, 0.29) is 11.8 Å². The zero-order valence-corrected chi connectivity index (χ0v) is 16.7. The molecule has 2 aromatic rings. The van der Waals surface area contributed by atoms with Gasteiger partial charge >= 0.3 is 0 Å². The van der Waals surface area contributed by atoms with E-state index in [1.165, 1.54) is 0 Å². The lowest BCUT2D eigenvalue weighted by Crippen LogP contribution is -2.60. The Morgan fingerprint density at radius 1 is 1.29 bits per heavy atom. The highest BCUT2D eigenvalue weighted by molar-refractivity contribution is 5.92. The number of aryl methyl sites for hydroxylation is 1. The molecule has 1 N–H and O–H groups in total. The lowest BCUT2D eigenvalue weighted by Gasteiger charge is -2.37. The molecular formula is C21H29N5O2. The number of hydrogen-bond donors (Lipinski definition) is 1. The maximum absolute atomic E-state index is 13.7. The Morgan fingerprint density at radius 3 is 2.82 bits per heavy atom. The van der Waals surface area contributed by atoms with Gasteiger partial charge in [-0.15, -0.1) is 0 Å². The van der Waals surface area contributed by atoms with Crippen LogP contribution in [-0.4, -0.2) is 43.6 Å². The van der Waals surface area contributed by atoms with Gasteiger partial charge in [0.25, 0.3) is 0 Å². The summed E-state index contributed by atoms with van der Waals surface area (Å²) < 4.78 is 1.85. The maximum atomic E-state index is 13.7. The van der Waals surface area contributed by atoms with Gasteiger partial charge in [0.2, 0.25) is 11.8 Å². The lowest BCUT2D eigenvalue weighted by molar-refractivity contribution is -0.142. The molecule has 0 aliphatic carbocycles. The third-order valence-corrected chi connectivity index (χ3v) is 5.33. The second kappa shape index (κ2) is 8.99. The number of pyridine rings is 1. The van der Waals surface area contributed by atoms with Crippen molar-refractivity contribution in [2.45, 2.75) is 64.6 Å². The third kappa shape index (κ3) is 4.58. The summed E-state index contributed by atoms with van der Waals surface area (Å²) in [6.45, 7) is 5.85. The molecule has 0 aromatic carbocycles. The highest BCUT2D eigenvalue weighted by Gasteiger charge is 2.43. The van der Waals surface area contributed by atoms with Crippen molar-refractivity contribution in [1.29, 1.82) is 0 Å². The van der Waals surface area contributed by atoms with Crippen molar-refractivity contribution in [1.82, 2.24) is 25.0 Å². The van der Waals surface area contributed by atoms with Gasteiger partial charge in [-0.25, -0.2) is 0 Å². The number of aromatic nitrogens is 3. The monoisotopic (exact) mass is 383 g/mol. The van der Waals surface area contributed by atoms with Gasteiger partial charge in [-0.05, 0) is 38.3 Å². The summed E-state index contributed by atoms with van der Waals surface area (Å²) in [5.41, 5.74) is 1.02. The van der Waals surface area contributed by atoms with Crippen LogP contribution in [0.1, 0.15) is 50.7 Å². The van der Waals surface area contributed by atoms with Crippen molar-refractivity contribution in [3.05, 3.63) is 48.0 Å². The van der Waals surface area contributed by atoms with E-state index in [0.29, 0.717) is 32.4 Å². The Hall–Kier alpha value is -2.70. The zero-order valence-electron chi connectivity index (χ0n) is 16.7. The second-order valence-corrected chi connectivity index (χ2v) is 7.40. The third-order valence-electron chi connectivity index (χ3n) is 5.33. The fraction of sp³-hybridized carbons (Fsp3) is 0.524. The normalized spacial score (nSPS) is 19.7. The van der Waals surface area contributed by atoms with E-state index < -0.39 is 5.54 Å². The summed E-state index contributed by atoms with van der Waals surface area (Å²) in [5, 5.41) is 7.39. The minimum atomic E-state index is -0.923. The molecule has 1 atom stereocenters. The van der Waals surface area contributed by atoms with Gasteiger partial charge in [-0.2, -0.15) is 5.10 Å². The molecular weight excluding hydrogens is 354 g/mol. The number of rotatable bonds is 7. The first-order valence-electron chi connectivity index (χ1n) is 10.1. The van der Waals surface area contributed by atoms with Crippen LogP contribution in [0.15, 0.2) is 36.9 Å². The average molecular weight is 383 g/mol. The predicted octanol–water partition coefficient (Wildman–Crippen LogP) is 2.32. The molecule has 1 aliphatic rings. The molecule has 150 valence electrons. The summed E-state index contributed by atoms with van der Waals surface area (Å²) in [4.78, 5) is 32.1. The highest BCUT2D eigenvalue weighted by atomic mass is 16.2. The fourth-order valence-electron chi connectivity index (χ4n) is 3.84. The van der Waals surface area contributed by atoms with Crippen molar-refractivity contribution < 1.29 is 9.59 Å². The van der Waals surface area contributed by atoms with Gasteiger partial charge in [0, 0.05) is 56.6 Å². The van der Waals surface area contributed by atoms with Crippen LogP contribution in [0.4, 0.5) is 0 Å². The quantitative estimate of drug-likeness (QED) is 0.796. The summed E-state index contributed by atoms with van der Waals surface area (Å²) in [6, 6.07) is 3.82. The van der Waals surface area contributed by atoms with Crippen molar-refractivity contribution in [3.63, 3.8) is 0 Å². The Labute approximate surface area is 166 Å². The van der Waals surface area contributed by atoms with E-state index >= 15 is 0 Å². The average Bonchev–Trinajstić information content (AvgIpc) is 3.08. The molecule has 3 rings (SSSR count). The second-order valence-electron chi connectivity index (χ2n) is 7.40. The van der Waals surface area contributed by atoms with Gasteiger partial charge < -0.3 is 10.2 Å². The number of likely N-dealkylation sites (N-methyl/N-ethyl adjacent to an activating group) is 1. The molecule has 0 spiro atoms. The molecule has 1 aliphatic heterocycles. The minimum absolute atomic E-state index is 0.0293. The van der Waals surface area contributed by atoms with E-state index in [4.69, 9.17) is 0 Å². The summed E-state index contributed by atoms with van der Waals surface area (Å²) in [7, 11) is 0. The highest BCUT2D eigenvalue weighted by Crippen LogP contribution is 2.27. The maximum Gasteiger partial charge on any atom is 0.248 e. The molecule has 0 saturated carbocycles. The minimum Gasteiger partial charge on any atom is -0.341 e. The van der Waals surface area contributed by atoms with Crippen LogP contribution in [0.2, 0.25) is 0 Å². The van der Waals surface area contributed by atoms with Gasteiger partial charge in [-0.3, -0.25) is 19.3 Å². The molecule has 1 unspecified atom stereocenters. The number of hydrogen-bond acceptors (Lipinski definition) is 4. The number of carbonyl (C=O) groups excluding carboxylic acids is 2. The van der Waals surface area contributed by atoms with Crippen molar-refractivity contribution in [3.8, 4) is 0 Å². The Bertz CT molecular complexity index is 804.